The van der Waals surface area contributed by atoms with E-state index in [-0.39, 0.29) is 17.6 Å². The molecule has 0 unspecified atom stereocenters. The molecule has 0 atom stereocenters. The Bertz CT molecular complexity index is 1580. The minimum Gasteiger partial charge on any atom is -0.477 e. The van der Waals surface area contributed by atoms with Crippen LogP contribution in [0, 0.1) is 13.8 Å². The van der Waals surface area contributed by atoms with E-state index in [4.69, 9.17) is 10.8 Å². The maximum absolute atomic E-state index is 11.6. The third-order valence-corrected chi connectivity index (χ3v) is 5.51. The van der Waals surface area contributed by atoms with E-state index in [0.29, 0.717) is 5.69 Å². The van der Waals surface area contributed by atoms with E-state index in [0.717, 1.165) is 11.4 Å². The number of nitrogens with two attached hydrogens (primary N) is 1. The van der Waals surface area contributed by atoms with Crippen molar-refractivity contribution in [3.05, 3.63) is 145 Å². The van der Waals surface area contributed by atoms with Crippen LogP contribution in [0.4, 0.5) is 16.2 Å². The Hall–Kier alpha value is -6.17. The highest BCUT2D eigenvalue weighted by atomic mass is 16.4. The highest BCUT2D eigenvalue weighted by Gasteiger charge is 2.05. The minimum absolute atomic E-state index is 0.121. The van der Waals surface area contributed by atoms with Crippen molar-refractivity contribution in [1.29, 1.82) is 0 Å². The molecular formula is C31H32N8O4. The molecule has 6 aromatic rings. The van der Waals surface area contributed by atoms with E-state index in [1.807, 2.05) is 62.4 Å². The topological polar surface area (TPSA) is 177 Å². The van der Waals surface area contributed by atoms with Crippen molar-refractivity contribution in [3.63, 3.8) is 0 Å². The van der Waals surface area contributed by atoms with Gasteiger partial charge in [0.1, 0.15) is 24.0 Å². The van der Waals surface area contributed by atoms with E-state index in [1.54, 1.807) is 55.4 Å². The number of H-pyrrole nitrogens is 2. The van der Waals surface area contributed by atoms with Gasteiger partial charge in [-0.05, 0) is 62.4 Å². The molecule has 0 fully saturated rings. The lowest BCUT2D eigenvalue weighted by molar-refractivity contribution is 0.0691. The molecule has 0 aliphatic heterocycles. The Balaban J connectivity index is 0.000000163. The number of hydrogen-bond acceptors (Lipinski definition) is 6. The Morgan fingerprint density at radius 2 is 1.23 bits per heavy atom. The molecule has 0 radical (unpaired) electrons. The molecule has 0 aliphatic carbocycles. The maximum atomic E-state index is 11.6. The summed E-state index contributed by atoms with van der Waals surface area (Å²) in [6.45, 7) is 4.05. The van der Waals surface area contributed by atoms with Crippen LogP contribution in [-0.4, -0.2) is 52.1 Å². The van der Waals surface area contributed by atoms with Crippen molar-refractivity contribution in [2.24, 2.45) is 0 Å². The highest BCUT2D eigenvalue weighted by Crippen LogP contribution is 2.10. The van der Waals surface area contributed by atoms with Crippen molar-refractivity contribution in [3.8, 4) is 0 Å². The lowest BCUT2D eigenvalue weighted by atomic mass is 10.2. The number of nitrogens with one attached hydrogen (secondary N) is 3. The number of hydrogen-bond donors (Lipinski definition) is 5. The summed E-state index contributed by atoms with van der Waals surface area (Å²) in [5, 5.41) is 11.0. The fourth-order valence-electron chi connectivity index (χ4n) is 3.21. The predicted octanol–water partition coefficient (Wildman–Crippen LogP) is 5.46. The number of aromatic nitrogens is 6. The number of carboxylic acids is 1. The molecular weight excluding hydrogens is 548 g/mol. The SMILES string of the molecule is Cc1ccc(N)cc1.Cc1ccc(NC(=O)c2ccc[nH]2)cc1.O=C(O)c1ccc[nH]1.O=C(n1ccnc1)n1ccnc1. The van der Waals surface area contributed by atoms with Gasteiger partial charge in [-0.2, -0.15) is 0 Å². The van der Waals surface area contributed by atoms with Crippen molar-refractivity contribution in [2.75, 3.05) is 11.1 Å². The number of rotatable bonds is 3. The first-order chi connectivity index (χ1) is 20.7. The zero-order valence-electron chi connectivity index (χ0n) is 23.6. The average molecular weight is 581 g/mol. The van der Waals surface area contributed by atoms with E-state index >= 15 is 0 Å². The summed E-state index contributed by atoms with van der Waals surface area (Å²) in [6.07, 6.45) is 12.5. The number of imidazole rings is 2. The van der Waals surface area contributed by atoms with Crippen LogP contribution in [0.2, 0.25) is 0 Å². The number of aromatic amines is 2. The summed E-state index contributed by atoms with van der Waals surface area (Å²) < 4.78 is 2.75. The number of nitrogen functional groups attached to an aromatic ring is 1. The van der Waals surface area contributed by atoms with E-state index in [2.05, 4.69) is 25.3 Å². The zero-order chi connectivity index (χ0) is 31.0. The van der Waals surface area contributed by atoms with Gasteiger partial charge in [-0.25, -0.2) is 19.6 Å². The fourth-order valence-corrected chi connectivity index (χ4v) is 3.21. The first-order valence-electron chi connectivity index (χ1n) is 12.9. The third kappa shape index (κ3) is 10.7. The normalized spacial score (nSPS) is 9.63. The zero-order valence-corrected chi connectivity index (χ0v) is 23.6. The van der Waals surface area contributed by atoms with Gasteiger partial charge in [0.15, 0.2) is 0 Å². The molecule has 4 aromatic heterocycles. The van der Waals surface area contributed by atoms with Gasteiger partial charge in [-0.1, -0.05) is 35.4 Å². The summed E-state index contributed by atoms with van der Waals surface area (Å²) >= 11 is 0. The number of aryl methyl sites for hydroxylation is 2. The second-order valence-corrected chi connectivity index (χ2v) is 8.93. The fraction of sp³-hybridized carbons (Fsp3) is 0.0645. The summed E-state index contributed by atoms with van der Waals surface area (Å²) in [5.74, 6) is -1.04. The van der Waals surface area contributed by atoms with Crippen molar-refractivity contribution in [2.45, 2.75) is 13.8 Å². The molecule has 0 aliphatic rings. The Morgan fingerprint density at radius 1 is 0.744 bits per heavy atom. The second-order valence-electron chi connectivity index (χ2n) is 8.93. The van der Waals surface area contributed by atoms with Crippen LogP contribution in [0.25, 0.3) is 0 Å². The average Bonchev–Trinajstić information content (AvgIpc) is 3.85. The molecule has 12 heteroatoms. The summed E-state index contributed by atoms with van der Waals surface area (Å²) in [5.41, 5.74) is 10.3. The van der Waals surface area contributed by atoms with E-state index in [9.17, 15) is 14.4 Å². The molecule has 2 aromatic carbocycles. The molecule has 4 heterocycles. The van der Waals surface area contributed by atoms with Gasteiger partial charge in [0, 0.05) is 48.6 Å². The van der Waals surface area contributed by atoms with Crippen LogP contribution in [0.5, 0.6) is 0 Å². The lowest BCUT2D eigenvalue weighted by Gasteiger charge is -2.03. The molecule has 6 rings (SSSR count). The van der Waals surface area contributed by atoms with E-state index < -0.39 is 5.97 Å². The van der Waals surface area contributed by atoms with Crippen LogP contribution in [-0.2, 0) is 0 Å². The lowest BCUT2D eigenvalue weighted by Crippen LogP contribution is -2.15. The number of anilines is 2. The number of carbonyl (C=O) groups is 3. The molecule has 6 N–H and O–H groups in total. The summed E-state index contributed by atoms with van der Waals surface area (Å²) in [6, 6.07) is 22.0. The molecule has 0 saturated heterocycles. The standard InChI is InChI=1S/C12H12N2O.C7H6N4O.C7H9N.C5H5NO2/c1-9-4-6-10(7-5-9)14-12(15)11-3-2-8-13-11;12-7(10-3-1-8-5-10)11-4-2-9-6-11;1-6-2-4-7(8)5-3-6;7-5(8)4-2-1-3-6-4/h2-8,13H,1H3,(H,14,15);1-6H;2-5H,8H2,1H3;1-3,6H,(H,7,8). The maximum Gasteiger partial charge on any atom is 0.352 e. The monoisotopic (exact) mass is 580 g/mol. The number of nitrogens with zero attached hydrogens (tertiary/aromatic N) is 4. The molecule has 0 saturated carbocycles. The molecule has 0 spiro atoms. The number of amides is 1. The van der Waals surface area contributed by atoms with Gasteiger partial charge in [-0.3, -0.25) is 13.9 Å². The quantitative estimate of drug-likeness (QED) is 0.173. The van der Waals surface area contributed by atoms with Crippen LogP contribution in [0.3, 0.4) is 0 Å². The van der Waals surface area contributed by atoms with Crippen molar-refractivity contribution < 1.29 is 19.5 Å². The smallest absolute Gasteiger partial charge is 0.352 e. The van der Waals surface area contributed by atoms with Crippen LogP contribution in [0.1, 0.15) is 32.1 Å². The van der Waals surface area contributed by atoms with Gasteiger partial charge in [0.2, 0.25) is 0 Å². The van der Waals surface area contributed by atoms with Gasteiger partial charge in [0.05, 0.1) is 0 Å². The highest BCUT2D eigenvalue weighted by molar-refractivity contribution is 6.02. The number of aromatic carboxylic acids is 1. The Kier molecular flexibility index (Phi) is 11.8. The number of carbonyl (C=O) groups excluding carboxylic acids is 2. The minimum atomic E-state index is -0.921. The van der Waals surface area contributed by atoms with Gasteiger partial charge in [-0.15, -0.1) is 0 Å². The molecule has 220 valence electrons. The van der Waals surface area contributed by atoms with Gasteiger partial charge in [0.25, 0.3) is 5.91 Å². The van der Waals surface area contributed by atoms with Crippen LogP contribution >= 0.6 is 0 Å². The first kappa shape index (κ1) is 31.4. The van der Waals surface area contributed by atoms with Crippen molar-refractivity contribution >= 4 is 29.3 Å². The first-order valence-corrected chi connectivity index (χ1v) is 12.9. The number of carboxylic acid groups (broad SMARTS) is 1. The van der Waals surface area contributed by atoms with Crippen LogP contribution < -0.4 is 11.1 Å². The summed E-state index contributed by atoms with van der Waals surface area (Å²) in [4.78, 5) is 46.0. The predicted molar refractivity (Wildman–Crippen MR) is 164 cm³/mol. The van der Waals surface area contributed by atoms with Crippen LogP contribution in [0.15, 0.2) is 123 Å². The van der Waals surface area contributed by atoms with E-state index in [1.165, 1.54) is 39.0 Å². The molecule has 1 amide bonds. The summed E-state index contributed by atoms with van der Waals surface area (Å²) in [7, 11) is 0. The Labute approximate surface area is 247 Å². The van der Waals surface area contributed by atoms with Crippen molar-refractivity contribution in [1.82, 2.24) is 29.1 Å². The molecule has 12 nitrogen and oxygen atoms in total. The van der Waals surface area contributed by atoms with Gasteiger partial charge < -0.3 is 26.1 Å². The Morgan fingerprint density at radius 3 is 1.60 bits per heavy atom. The number of benzene rings is 2. The third-order valence-electron chi connectivity index (χ3n) is 5.51. The molecule has 43 heavy (non-hydrogen) atoms. The molecule has 0 bridgehead atoms. The largest absolute Gasteiger partial charge is 0.477 e. The second kappa shape index (κ2) is 16.2. The van der Waals surface area contributed by atoms with Gasteiger partial charge >= 0.3 is 12.0 Å².